The highest BCUT2D eigenvalue weighted by Gasteiger charge is 2.42. The zero-order valence-electron chi connectivity index (χ0n) is 9.80. The summed E-state index contributed by atoms with van der Waals surface area (Å²) in [7, 11) is 0. The Labute approximate surface area is 107 Å². The highest BCUT2D eigenvalue weighted by atomic mass is 32.2. The third-order valence-electron chi connectivity index (χ3n) is 3.40. The monoisotopic (exact) mass is 261 g/mol. The molecule has 1 N–H and O–H groups in total. The van der Waals surface area contributed by atoms with Crippen LogP contribution < -0.4 is 5.69 Å². The van der Waals surface area contributed by atoms with Crippen molar-refractivity contribution in [1.82, 2.24) is 19.5 Å². The summed E-state index contributed by atoms with van der Waals surface area (Å²) < 4.78 is 1.49. The number of nitriles is 1. The molecule has 2 heterocycles. The first-order valence-electron chi connectivity index (χ1n) is 5.64. The third-order valence-corrected chi connectivity index (χ3v) is 3.96. The number of nitrogens with one attached hydrogen (secondary N) is 1. The molecule has 0 spiro atoms. The number of hydrogen-bond donors (Lipinski definition) is 1. The molecule has 18 heavy (non-hydrogen) atoms. The van der Waals surface area contributed by atoms with E-state index in [2.05, 4.69) is 21.0 Å². The van der Waals surface area contributed by atoms with E-state index in [-0.39, 0.29) is 5.69 Å². The van der Waals surface area contributed by atoms with E-state index in [1.54, 1.807) is 6.20 Å². The molecule has 0 aliphatic heterocycles. The largest absolute Gasteiger partial charge is 0.329 e. The Kier molecular flexibility index (Phi) is 2.41. The van der Waals surface area contributed by atoms with Gasteiger partial charge in [0.2, 0.25) is 0 Å². The minimum atomic E-state index is -0.723. The molecule has 0 amide bonds. The van der Waals surface area contributed by atoms with Crippen molar-refractivity contribution in [2.24, 2.45) is 0 Å². The van der Waals surface area contributed by atoms with Gasteiger partial charge >= 0.3 is 5.69 Å². The minimum Gasteiger partial charge on any atom is -0.303 e. The normalized spacial score (nSPS) is 17.3. The van der Waals surface area contributed by atoms with Crippen LogP contribution in [-0.4, -0.2) is 25.8 Å². The summed E-state index contributed by atoms with van der Waals surface area (Å²) in [6, 6.07) is 2.26. The second kappa shape index (κ2) is 3.85. The van der Waals surface area contributed by atoms with Gasteiger partial charge in [0.25, 0.3) is 0 Å². The van der Waals surface area contributed by atoms with Crippen molar-refractivity contribution < 1.29 is 0 Å². The Morgan fingerprint density at radius 1 is 1.61 bits per heavy atom. The maximum absolute atomic E-state index is 12.0. The average Bonchev–Trinajstić information content (AvgIpc) is 2.65. The lowest BCUT2D eigenvalue weighted by Crippen LogP contribution is -2.44. The molecule has 0 bridgehead atoms. The summed E-state index contributed by atoms with van der Waals surface area (Å²) in [5.41, 5.74) is 0.109. The molecule has 2 aromatic rings. The first-order chi connectivity index (χ1) is 8.70. The molecular formula is C11H11N5OS. The molecule has 0 radical (unpaired) electrons. The van der Waals surface area contributed by atoms with Gasteiger partial charge in [-0.25, -0.2) is 14.8 Å². The highest BCUT2D eigenvalue weighted by molar-refractivity contribution is 7.98. The van der Waals surface area contributed by atoms with Crippen LogP contribution in [0, 0.1) is 11.3 Å². The van der Waals surface area contributed by atoms with E-state index in [0.29, 0.717) is 29.2 Å². The predicted molar refractivity (Wildman–Crippen MR) is 67.4 cm³/mol. The van der Waals surface area contributed by atoms with Crippen LogP contribution in [0.2, 0.25) is 0 Å². The van der Waals surface area contributed by atoms with Crippen LogP contribution in [0.3, 0.4) is 0 Å². The maximum atomic E-state index is 12.0. The smallest absolute Gasteiger partial charge is 0.303 e. The molecule has 6 nitrogen and oxygen atoms in total. The molecule has 1 fully saturated rings. The van der Waals surface area contributed by atoms with Gasteiger partial charge in [-0.15, -0.1) is 0 Å². The van der Waals surface area contributed by atoms with Gasteiger partial charge in [-0.05, 0) is 25.5 Å². The Hall–Kier alpha value is -1.81. The van der Waals surface area contributed by atoms with Crippen molar-refractivity contribution in [2.75, 3.05) is 6.26 Å². The molecular weight excluding hydrogens is 250 g/mol. The lowest BCUT2D eigenvalue weighted by atomic mass is 9.78. The number of imidazole rings is 1. The van der Waals surface area contributed by atoms with E-state index in [0.717, 1.165) is 6.42 Å². The van der Waals surface area contributed by atoms with Crippen LogP contribution in [0.5, 0.6) is 0 Å². The first-order valence-corrected chi connectivity index (χ1v) is 6.86. The topological polar surface area (TPSA) is 87.4 Å². The molecule has 3 rings (SSSR count). The Bertz CT molecular complexity index is 706. The zero-order chi connectivity index (χ0) is 12.8. The van der Waals surface area contributed by atoms with E-state index < -0.39 is 5.54 Å². The molecule has 0 unspecified atom stereocenters. The van der Waals surface area contributed by atoms with E-state index in [1.807, 2.05) is 6.26 Å². The van der Waals surface area contributed by atoms with Gasteiger partial charge in [0.1, 0.15) is 11.1 Å². The number of nitrogens with zero attached hydrogens (tertiary/aromatic N) is 4. The molecule has 1 aliphatic carbocycles. The van der Waals surface area contributed by atoms with Gasteiger partial charge in [0.15, 0.2) is 10.8 Å². The molecule has 0 saturated heterocycles. The lowest BCUT2D eigenvalue weighted by molar-refractivity contribution is 0.218. The Morgan fingerprint density at radius 3 is 2.94 bits per heavy atom. The summed E-state index contributed by atoms with van der Waals surface area (Å²) in [5.74, 6) is 0. The number of aromatic nitrogens is 4. The maximum Gasteiger partial charge on any atom is 0.329 e. The second-order valence-electron chi connectivity index (χ2n) is 4.36. The fourth-order valence-corrected chi connectivity index (χ4v) is 2.61. The summed E-state index contributed by atoms with van der Waals surface area (Å²) >= 11 is 1.41. The van der Waals surface area contributed by atoms with Crippen LogP contribution in [0.25, 0.3) is 11.2 Å². The van der Waals surface area contributed by atoms with Gasteiger partial charge in [-0.2, -0.15) is 5.26 Å². The van der Waals surface area contributed by atoms with Crippen molar-refractivity contribution in [3.63, 3.8) is 0 Å². The molecule has 0 aromatic carbocycles. The fraction of sp³-hybridized carbons (Fsp3) is 0.455. The summed E-state index contributed by atoms with van der Waals surface area (Å²) in [6.07, 6.45) is 5.84. The predicted octanol–water partition coefficient (Wildman–Crippen LogP) is 1.24. The molecule has 1 saturated carbocycles. The zero-order valence-corrected chi connectivity index (χ0v) is 10.6. The van der Waals surface area contributed by atoms with E-state index in [4.69, 9.17) is 0 Å². The van der Waals surface area contributed by atoms with E-state index >= 15 is 0 Å². The fourth-order valence-electron chi connectivity index (χ4n) is 2.28. The van der Waals surface area contributed by atoms with Crippen molar-refractivity contribution in [3.8, 4) is 6.07 Å². The minimum absolute atomic E-state index is 0.279. The van der Waals surface area contributed by atoms with E-state index in [1.165, 1.54) is 16.3 Å². The number of H-pyrrole nitrogens is 1. The van der Waals surface area contributed by atoms with Crippen LogP contribution >= 0.6 is 11.8 Å². The molecule has 92 valence electrons. The molecule has 7 heteroatoms. The SMILES string of the molecule is CSc1ncc2[nH]c(=O)n(C3(C#N)CCC3)c2n1. The number of rotatable bonds is 2. The number of thioether (sulfide) groups is 1. The number of aromatic amines is 1. The second-order valence-corrected chi connectivity index (χ2v) is 5.13. The summed E-state index contributed by atoms with van der Waals surface area (Å²) in [4.78, 5) is 23.2. The van der Waals surface area contributed by atoms with Crippen molar-refractivity contribution >= 4 is 22.9 Å². The summed E-state index contributed by atoms with van der Waals surface area (Å²) in [6.45, 7) is 0. The van der Waals surface area contributed by atoms with Gasteiger partial charge in [-0.1, -0.05) is 11.8 Å². The molecule has 2 aromatic heterocycles. The third kappa shape index (κ3) is 1.39. The van der Waals surface area contributed by atoms with Crippen LogP contribution in [0.15, 0.2) is 16.1 Å². The highest BCUT2D eigenvalue weighted by Crippen LogP contribution is 2.38. The van der Waals surface area contributed by atoms with Gasteiger partial charge in [0, 0.05) is 0 Å². The van der Waals surface area contributed by atoms with Crippen LogP contribution in [0.1, 0.15) is 19.3 Å². The Morgan fingerprint density at radius 2 is 2.39 bits per heavy atom. The van der Waals surface area contributed by atoms with Crippen LogP contribution in [-0.2, 0) is 5.54 Å². The quantitative estimate of drug-likeness (QED) is 0.649. The standard InChI is InChI=1S/C11H11N5OS/c1-18-9-13-5-7-8(15-9)16(10(17)14-7)11(6-12)3-2-4-11/h5H,2-4H2,1H3,(H,14,17). The van der Waals surface area contributed by atoms with Gasteiger partial charge in [-0.3, -0.25) is 4.57 Å². The van der Waals surface area contributed by atoms with Gasteiger partial charge < -0.3 is 4.98 Å². The van der Waals surface area contributed by atoms with E-state index in [9.17, 15) is 10.1 Å². The van der Waals surface area contributed by atoms with Crippen LogP contribution in [0.4, 0.5) is 0 Å². The first kappa shape index (κ1) is 11.3. The van der Waals surface area contributed by atoms with Crippen molar-refractivity contribution in [2.45, 2.75) is 30.0 Å². The number of hydrogen-bond acceptors (Lipinski definition) is 5. The lowest BCUT2D eigenvalue weighted by Gasteiger charge is -2.35. The van der Waals surface area contributed by atoms with Gasteiger partial charge in [0.05, 0.1) is 12.3 Å². The summed E-state index contributed by atoms with van der Waals surface area (Å²) in [5, 5.41) is 9.95. The van der Waals surface area contributed by atoms with Crippen molar-refractivity contribution in [1.29, 1.82) is 5.26 Å². The molecule has 1 aliphatic rings. The molecule has 0 atom stereocenters. The Balaban J connectivity index is 2.31. The number of fused-ring (bicyclic) bond motifs is 1. The average molecular weight is 261 g/mol. The van der Waals surface area contributed by atoms with Crippen molar-refractivity contribution in [3.05, 3.63) is 16.7 Å².